The number of carboxylic acids is 1. The first-order valence-corrected chi connectivity index (χ1v) is 7.40. The molecule has 102 valence electrons. The number of methoxy groups -OCH3 is 1. The third kappa shape index (κ3) is 1.19. The fourth-order valence-corrected chi connectivity index (χ4v) is 5.86. The van der Waals surface area contributed by atoms with Crippen LogP contribution in [0.1, 0.15) is 13.8 Å². The van der Waals surface area contributed by atoms with Crippen molar-refractivity contribution in [3.05, 3.63) is 0 Å². The number of aliphatic carboxylic acids is 1. The van der Waals surface area contributed by atoms with Crippen LogP contribution in [0.25, 0.3) is 0 Å². The minimum atomic E-state index is -3.86. The molecular formula is C9H12BrNO6S. The van der Waals surface area contributed by atoms with E-state index in [2.05, 4.69) is 15.9 Å². The molecule has 0 saturated carbocycles. The predicted octanol–water partition coefficient (Wildman–Crippen LogP) is -0.447. The van der Waals surface area contributed by atoms with Gasteiger partial charge in [0.1, 0.15) is 10.8 Å². The predicted molar refractivity (Wildman–Crippen MR) is 63.7 cm³/mol. The Morgan fingerprint density at radius 1 is 1.50 bits per heavy atom. The van der Waals surface area contributed by atoms with Gasteiger partial charge in [0.05, 0.1) is 0 Å². The largest absolute Gasteiger partial charge is 0.480 e. The second kappa shape index (κ2) is 3.45. The van der Waals surface area contributed by atoms with Crippen molar-refractivity contribution in [3.63, 3.8) is 0 Å². The van der Waals surface area contributed by atoms with E-state index in [1.807, 2.05) is 0 Å². The van der Waals surface area contributed by atoms with Gasteiger partial charge in [0.2, 0.25) is 4.51 Å². The third-order valence-corrected chi connectivity index (χ3v) is 7.83. The lowest BCUT2D eigenvalue weighted by Crippen LogP contribution is -2.72. The van der Waals surface area contributed by atoms with Gasteiger partial charge in [-0.25, -0.2) is 13.2 Å². The summed E-state index contributed by atoms with van der Waals surface area (Å²) in [5, 5.41) is 7.84. The van der Waals surface area contributed by atoms with Crippen LogP contribution in [0.4, 0.5) is 0 Å². The number of hydrogen-bond donors (Lipinski definition) is 1. The van der Waals surface area contributed by atoms with Crippen LogP contribution in [-0.2, 0) is 24.2 Å². The Labute approximate surface area is 112 Å². The van der Waals surface area contributed by atoms with E-state index in [0.717, 1.165) is 4.90 Å². The maximum absolute atomic E-state index is 12.3. The summed E-state index contributed by atoms with van der Waals surface area (Å²) in [4.78, 5) is 24.0. The van der Waals surface area contributed by atoms with Crippen molar-refractivity contribution in [2.45, 2.75) is 34.5 Å². The highest BCUT2D eigenvalue weighted by Gasteiger charge is 2.78. The number of rotatable bonds is 2. The molecule has 0 aromatic rings. The van der Waals surface area contributed by atoms with Gasteiger partial charge in [0.15, 0.2) is 15.2 Å². The normalized spacial score (nSPS) is 40.2. The van der Waals surface area contributed by atoms with Gasteiger partial charge >= 0.3 is 5.97 Å². The second-order valence-electron chi connectivity index (χ2n) is 4.80. The molecule has 0 unspecified atom stereocenters. The zero-order valence-corrected chi connectivity index (χ0v) is 12.3. The van der Waals surface area contributed by atoms with Gasteiger partial charge < -0.3 is 14.7 Å². The third-order valence-electron chi connectivity index (χ3n) is 3.59. The van der Waals surface area contributed by atoms with E-state index >= 15 is 0 Å². The van der Waals surface area contributed by atoms with E-state index in [1.165, 1.54) is 21.0 Å². The molecule has 18 heavy (non-hydrogen) atoms. The van der Waals surface area contributed by atoms with Crippen molar-refractivity contribution in [2.24, 2.45) is 0 Å². The first kappa shape index (κ1) is 13.8. The quantitative estimate of drug-likeness (QED) is 0.539. The number of ether oxygens (including phenoxy) is 1. The molecule has 2 aliphatic rings. The molecule has 2 heterocycles. The summed E-state index contributed by atoms with van der Waals surface area (Å²) >= 11 is 2.96. The van der Waals surface area contributed by atoms with Gasteiger partial charge in [-0.1, -0.05) is 0 Å². The zero-order chi connectivity index (χ0) is 14.1. The lowest BCUT2D eigenvalue weighted by atomic mass is 9.97. The van der Waals surface area contributed by atoms with Crippen LogP contribution in [0, 0.1) is 0 Å². The maximum atomic E-state index is 12.3. The zero-order valence-electron chi connectivity index (χ0n) is 9.88. The molecule has 2 saturated heterocycles. The first-order valence-electron chi connectivity index (χ1n) is 5.06. The number of fused-ring (bicyclic) bond motifs is 1. The molecule has 2 aliphatic heterocycles. The average molecular weight is 342 g/mol. The van der Waals surface area contributed by atoms with E-state index in [-0.39, 0.29) is 0 Å². The Kier molecular flexibility index (Phi) is 2.64. The molecule has 2 rings (SSSR count). The molecule has 0 aromatic carbocycles. The summed E-state index contributed by atoms with van der Waals surface area (Å²) < 4.78 is 26.4. The highest BCUT2D eigenvalue weighted by atomic mass is 79.9. The van der Waals surface area contributed by atoms with Crippen LogP contribution < -0.4 is 0 Å². The van der Waals surface area contributed by atoms with Gasteiger partial charge in [0, 0.05) is 7.11 Å². The SMILES string of the molecule is CO[C@]1(Br)C(=O)N2[C@@H](C(=O)O)C(C)(C)S(=O)(=O)[C@@H]21. The van der Waals surface area contributed by atoms with Crippen molar-refractivity contribution >= 4 is 37.6 Å². The van der Waals surface area contributed by atoms with Crippen molar-refractivity contribution < 1.29 is 27.9 Å². The molecular weight excluding hydrogens is 330 g/mol. The van der Waals surface area contributed by atoms with Gasteiger partial charge in [-0.3, -0.25) is 4.79 Å². The number of β-lactam (4-membered cyclic amide) rings is 1. The Morgan fingerprint density at radius 3 is 2.39 bits per heavy atom. The van der Waals surface area contributed by atoms with Crippen LogP contribution in [0.15, 0.2) is 0 Å². The smallest absolute Gasteiger partial charge is 0.328 e. The highest BCUT2D eigenvalue weighted by Crippen LogP contribution is 2.54. The van der Waals surface area contributed by atoms with Gasteiger partial charge in [-0.15, -0.1) is 0 Å². The fourth-order valence-electron chi connectivity index (χ4n) is 2.49. The Hall–Kier alpha value is -0.670. The van der Waals surface area contributed by atoms with E-state index in [1.54, 1.807) is 0 Å². The topological polar surface area (TPSA) is 101 Å². The van der Waals surface area contributed by atoms with Gasteiger partial charge in [0.25, 0.3) is 5.91 Å². The number of nitrogens with zero attached hydrogens (tertiary/aromatic N) is 1. The average Bonchev–Trinajstić information content (AvgIpc) is 2.40. The van der Waals surface area contributed by atoms with E-state index in [0.29, 0.717) is 0 Å². The van der Waals surface area contributed by atoms with Gasteiger partial charge in [-0.05, 0) is 29.8 Å². The summed E-state index contributed by atoms with van der Waals surface area (Å²) in [7, 11) is -2.67. The lowest BCUT2D eigenvalue weighted by Gasteiger charge is -2.47. The van der Waals surface area contributed by atoms with Crippen molar-refractivity contribution in [2.75, 3.05) is 7.11 Å². The molecule has 1 amide bonds. The summed E-state index contributed by atoms with van der Waals surface area (Å²) in [5.41, 5.74) is 0. The van der Waals surface area contributed by atoms with Crippen LogP contribution in [-0.4, -0.2) is 58.1 Å². The molecule has 1 N–H and O–H groups in total. The molecule has 0 spiro atoms. The number of carboxylic acid groups (broad SMARTS) is 1. The Morgan fingerprint density at radius 2 is 2.00 bits per heavy atom. The number of carbonyl (C=O) groups is 2. The standard InChI is InChI=1S/C9H12BrNO6S/c1-8(2)4(5(12)13)11-6(14)9(10,17-3)7(11)18(8,15)16/h4,7H,1-3H3,(H,12,13)/t4-,7+,9+/m0/s1. The number of sulfone groups is 1. The number of carbonyl (C=O) groups excluding carboxylic acids is 1. The van der Waals surface area contributed by atoms with E-state index in [4.69, 9.17) is 9.84 Å². The minimum absolute atomic E-state index is 0.684. The van der Waals surface area contributed by atoms with Crippen LogP contribution in [0.3, 0.4) is 0 Å². The summed E-state index contributed by atoms with van der Waals surface area (Å²) in [6, 6.07) is -1.40. The van der Waals surface area contributed by atoms with Crippen molar-refractivity contribution in [1.29, 1.82) is 0 Å². The molecule has 0 aromatic heterocycles. The molecule has 0 bridgehead atoms. The Balaban J connectivity index is 2.63. The number of alkyl halides is 1. The van der Waals surface area contributed by atoms with Crippen molar-refractivity contribution in [1.82, 2.24) is 4.90 Å². The Bertz CT molecular complexity index is 543. The lowest BCUT2D eigenvalue weighted by molar-refractivity contribution is -0.176. The number of amides is 1. The monoisotopic (exact) mass is 341 g/mol. The highest BCUT2D eigenvalue weighted by molar-refractivity contribution is 9.10. The molecule has 2 fully saturated rings. The minimum Gasteiger partial charge on any atom is -0.480 e. The first-order chi connectivity index (χ1) is 8.03. The summed E-state index contributed by atoms with van der Waals surface area (Å²) in [6.45, 7) is 2.60. The van der Waals surface area contributed by atoms with Crippen LogP contribution >= 0.6 is 15.9 Å². The second-order valence-corrected chi connectivity index (χ2v) is 8.57. The van der Waals surface area contributed by atoms with Gasteiger partial charge in [-0.2, -0.15) is 0 Å². The molecule has 0 radical (unpaired) electrons. The van der Waals surface area contributed by atoms with Crippen LogP contribution in [0.2, 0.25) is 0 Å². The number of halogens is 1. The van der Waals surface area contributed by atoms with Crippen molar-refractivity contribution in [3.8, 4) is 0 Å². The van der Waals surface area contributed by atoms with E-state index < -0.39 is 42.4 Å². The number of hydrogen-bond acceptors (Lipinski definition) is 5. The maximum Gasteiger partial charge on any atom is 0.328 e. The summed E-state index contributed by atoms with van der Waals surface area (Å²) in [5.74, 6) is -2.03. The van der Waals surface area contributed by atoms with Crippen LogP contribution in [0.5, 0.6) is 0 Å². The molecule has 3 atom stereocenters. The van der Waals surface area contributed by atoms with E-state index in [9.17, 15) is 18.0 Å². The summed E-state index contributed by atoms with van der Waals surface area (Å²) in [6.07, 6.45) is 0. The molecule has 7 nitrogen and oxygen atoms in total. The molecule has 0 aliphatic carbocycles. The fraction of sp³-hybridized carbons (Fsp3) is 0.778. The molecule has 9 heteroatoms.